The topological polar surface area (TPSA) is 68.0 Å². The van der Waals surface area contributed by atoms with E-state index >= 15 is 0 Å². The van der Waals surface area contributed by atoms with Gasteiger partial charge >= 0.3 is 0 Å². The summed E-state index contributed by atoms with van der Waals surface area (Å²) in [6.45, 7) is 4.74. The maximum atomic E-state index is 12.7. The highest BCUT2D eigenvalue weighted by atomic mass is 16.3. The van der Waals surface area contributed by atoms with Gasteiger partial charge in [0.25, 0.3) is 0 Å². The van der Waals surface area contributed by atoms with Gasteiger partial charge in [0.15, 0.2) is 0 Å². The van der Waals surface area contributed by atoms with E-state index in [2.05, 4.69) is 36.3 Å². The molecule has 0 aliphatic heterocycles. The van der Waals surface area contributed by atoms with E-state index in [0.29, 0.717) is 29.5 Å². The van der Waals surface area contributed by atoms with Gasteiger partial charge < -0.3 is 5.11 Å². The number of rotatable bonds is 2. The Bertz CT molecular complexity index is 1020. The van der Waals surface area contributed by atoms with Crippen LogP contribution in [-0.4, -0.2) is 32.0 Å². The zero-order valence-electron chi connectivity index (χ0n) is 19.3. The molecule has 4 fully saturated rings. The second kappa shape index (κ2) is 7.24. The summed E-state index contributed by atoms with van der Waals surface area (Å²) in [6, 6.07) is 10.1. The van der Waals surface area contributed by atoms with Crippen molar-refractivity contribution in [2.45, 2.75) is 77.4 Å². The number of aliphatic hydroxyl groups is 1. The van der Waals surface area contributed by atoms with Crippen molar-refractivity contribution in [2.24, 2.45) is 34.5 Å². The molecule has 0 radical (unpaired) electrons. The van der Waals surface area contributed by atoms with Gasteiger partial charge in [0.05, 0.1) is 18.3 Å². The molecule has 0 spiro atoms. The molecule has 2 aromatic rings. The van der Waals surface area contributed by atoms with E-state index in [1.165, 1.54) is 12.8 Å². The van der Waals surface area contributed by atoms with Crippen molar-refractivity contribution >= 4 is 5.78 Å². The summed E-state index contributed by atoms with van der Waals surface area (Å²) in [6.07, 6.45) is 9.95. The zero-order valence-corrected chi connectivity index (χ0v) is 19.3. The zero-order chi connectivity index (χ0) is 22.1. The molecule has 0 bridgehead atoms. The Balaban J connectivity index is 1.29. The molecular formula is C27H35N3O2. The maximum absolute atomic E-state index is 12.7. The van der Waals surface area contributed by atoms with Crippen LogP contribution in [0.25, 0.3) is 11.3 Å². The fraction of sp³-hybridized carbons (Fsp3) is 0.667. The lowest BCUT2D eigenvalue weighted by molar-refractivity contribution is -0.148. The largest absolute Gasteiger partial charge is 0.391 e. The van der Waals surface area contributed by atoms with Gasteiger partial charge in [-0.3, -0.25) is 4.79 Å². The minimum atomic E-state index is -0.378. The SMILES string of the molecule is C[C@]12C[C@H](n3cc(-c4ccccc4)nn3)[C@@H](O)C[C@@H]1CC[C@@H]1[C@@H]2CC[C@]2(C)C(=O)CC[C@@H]12. The van der Waals surface area contributed by atoms with Crippen molar-refractivity contribution < 1.29 is 9.90 Å². The molecule has 1 aromatic heterocycles. The fourth-order valence-corrected chi connectivity index (χ4v) is 8.50. The number of hydrogen-bond donors (Lipinski definition) is 1. The highest BCUT2D eigenvalue weighted by Gasteiger charge is 2.61. The van der Waals surface area contributed by atoms with Gasteiger partial charge in [-0.25, -0.2) is 4.68 Å². The standard InChI is InChI=1S/C27H35N3O2/c1-26-13-12-21-19(20(26)10-11-25(26)32)9-8-18-14-24(31)23(15-27(18,21)2)30-16-22(28-29-30)17-6-4-3-5-7-17/h3-7,16,18-21,23-24,31H,8-15H2,1-2H3/t18-,19-,20-,21-,23-,24-,26-,27-/m0/s1. The first-order chi connectivity index (χ1) is 15.4. The molecule has 0 saturated heterocycles. The molecule has 4 saturated carbocycles. The van der Waals surface area contributed by atoms with Crippen LogP contribution in [0.5, 0.6) is 0 Å². The van der Waals surface area contributed by atoms with Crippen LogP contribution in [0.3, 0.4) is 0 Å². The molecular weight excluding hydrogens is 398 g/mol. The number of nitrogens with zero attached hydrogens (tertiary/aromatic N) is 3. The summed E-state index contributed by atoms with van der Waals surface area (Å²) < 4.78 is 1.93. The third-order valence-electron chi connectivity index (χ3n) is 10.3. The minimum Gasteiger partial charge on any atom is -0.391 e. The molecule has 5 heteroatoms. The molecule has 4 aliphatic carbocycles. The Morgan fingerprint density at radius 2 is 1.88 bits per heavy atom. The first kappa shape index (κ1) is 20.6. The molecule has 4 aliphatic rings. The van der Waals surface area contributed by atoms with Gasteiger partial charge in [0.2, 0.25) is 0 Å². The number of benzene rings is 1. The average Bonchev–Trinajstić information content (AvgIpc) is 3.40. The molecule has 0 amide bonds. The third kappa shape index (κ3) is 2.89. The van der Waals surface area contributed by atoms with Crippen LogP contribution in [0.15, 0.2) is 36.5 Å². The molecule has 6 rings (SSSR count). The van der Waals surface area contributed by atoms with Crippen molar-refractivity contribution in [1.29, 1.82) is 0 Å². The minimum absolute atomic E-state index is 0.0292. The van der Waals surface area contributed by atoms with Crippen LogP contribution in [0.4, 0.5) is 0 Å². The van der Waals surface area contributed by atoms with Gasteiger partial charge in [0, 0.05) is 17.4 Å². The van der Waals surface area contributed by atoms with Gasteiger partial charge in [0.1, 0.15) is 11.5 Å². The highest BCUT2D eigenvalue weighted by Crippen LogP contribution is 2.66. The van der Waals surface area contributed by atoms with Gasteiger partial charge in [-0.2, -0.15) is 0 Å². The number of Topliss-reactive ketones (excluding diaryl/α,β-unsaturated/α-hetero) is 1. The van der Waals surface area contributed by atoms with Crippen LogP contribution < -0.4 is 0 Å². The Morgan fingerprint density at radius 1 is 1.06 bits per heavy atom. The number of hydrogen-bond acceptors (Lipinski definition) is 4. The van der Waals surface area contributed by atoms with Crippen molar-refractivity contribution in [3.63, 3.8) is 0 Å². The average molecular weight is 434 g/mol. The molecule has 1 aromatic carbocycles. The second-order valence-electron chi connectivity index (χ2n) is 11.6. The van der Waals surface area contributed by atoms with E-state index in [9.17, 15) is 9.90 Å². The number of aliphatic hydroxyl groups excluding tert-OH is 1. The van der Waals surface area contributed by atoms with Crippen molar-refractivity contribution in [2.75, 3.05) is 0 Å². The van der Waals surface area contributed by atoms with E-state index in [4.69, 9.17) is 0 Å². The lowest BCUT2D eigenvalue weighted by Gasteiger charge is -2.61. The molecule has 1 heterocycles. The monoisotopic (exact) mass is 433 g/mol. The number of aromatic nitrogens is 3. The van der Waals surface area contributed by atoms with E-state index < -0.39 is 0 Å². The van der Waals surface area contributed by atoms with Gasteiger partial charge in [-0.15, -0.1) is 5.10 Å². The first-order valence-corrected chi connectivity index (χ1v) is 12.6. The summed E-state index contributed by atoms with van der Waals surface area (Å²) in [7, 11) is 0. The lowest BCUT2D eigenvalue weighted by Crippen LogP contribution is -2.55. The molecule has 170 valence electrons. The summed E-state index contributed by atoms with van der Waals surface area (Å²) in [5.41, 5.74) is 2.04. The molecule has 0 unspecified atom stereocenters. The molecule has 1 N–H and O–H groups in total. The first-order valence-electron chi connectivity index (χ1n) is 12.6. The smallest absolute Gasteiger partial charge is 0.139 e. The Labute approximate surface area is 190 Å². The van der Waals surface area contributed by atoms with Crippen LogP contribution in [-0.2, 0) is 4.79 Å². The van der Waals surface area contributed by atoms with E-state index in [0.717, 1.165) is 49.8 Å². The number of ketones is 1. The lowest BCUT2D eigenvalue weighted by atomic mass is 9.44. The maximum Gasteiger partial charge on any atom is 0.139 e. The third-order valence-corrected chi connectivity index (χ3v) is 10.3. The quantitative estimate of drug-likeness (QED) is 0.718. The summed E-state index contributed by atoms with van der Waals surface area (Å²) >= 11 is 0. The van der Waals surface area contributed by atoms with Crippen LogP contribution in [0, 0.1) is 34.5 Å². The van der Waals surface area contributed by atoms with Gasteiger partial charge in [-0.1, -0.05) is 49.4 Å². The second-order valence-corrected chi connectivity index (χ2v) is 11.6. The van der Waals surface area contributed by atoms with E-state index in [1.807, 2.05) is 29.1 Å². The predicted molar refractivity (Wildman–Crippen MR) is 123 cm³/mol. The number of carbonyl (C=O) groups excluding carboxylic acids is 1. The molecule has 5 nitrogen and oxygen atoms in total. The fourth-order valence-electron chi connectivity index (χ4n) is 8.50. The Morgan fingerprint density at radius 3 is 2.69 bits per heavy atom. The Hall–Kier alpha value is -2.01. The molecule has 32 heavy (non-hydrogen) atoms. The van der Waals surface area contributed by atoms with Crippen LogP contribution in [0.2, 0.25) is 0 Å². The molecule has 8 atom stereocenters. The predicted octanol–water partition coefficient (Wildman–Crippen LogP) is 5.07. The highest BCUT2D eigenvalue weighted by molar-refractivity contribution is 5.87. The van der Waals surface area contributed by atoms with Crippen molar-refractivity contribution in [1.82, 2.24) is 15.0 Å². The number of carbonyl (C=O) groups is 1. The van der Waals surface area contributed by atoms with Crippen molar-refractivity contribution in [3.05, 3.63) is 36.5 Å². The number of fused-ring (bicyclic) bond motifs is 5. The summed E-state index contributed by atoms with van der Waals surface area (Å²) in [5.74, 6) is 2.95. The van der Waals surface area contributed by atoms with Crippen molar-refractivity contribution in [3.8, 4) is 11.3 Å². The normalized spacial score (nSPS) is 43.4. The van der Waals surface area contributed by atoms with Crippen LogP contribution >= 0.6 is 0 Å². The summed E-state index contributed by atoms with van der Waals surface area (Å²) in [4.78, 5) is 12.7. The van der Waals surface area contributed by atoms with Crippen LogP contribution in [0.1, 0.15) is 71.3 Å². The van der Waals surface area contributed by atoms with Gasteiger partial charge in [-0.05, 0) is 74.0 Å². The summed E-state index contributed by atoms with van der Waals surface area (Å²) in [5, 5.41) is 20.0. The van der Waals surface area contributed by atoms with E-state index in [-0.39, 0.29) is 23.0 Å². The van der Waals surface area contributed by atoms with E-state index in [1.54, 1.807) is 0 Å². The Kier molecular flexibility index (Phi) is 4.66.